The van der Waals surface area contributed by atoms with Crippen molar-refractivity contribution in [1.82, 2.24) is 0 Å². The Hall–Kier alpha value is -0.960. The van der Waals surface area contributed by atoms with Crippen LogP contribution in [0.2, 0.25) is 0 Å². The van der Waals surface area contributed by atoms with Crippen molar-refractivity contribution < 1.29 is 13.9 Å². The number of benzene rings is 1. The Labute approximate surface area is 88.7 Å². The highest BCUT2D eigenvalue weighted by atomic mass is 19.1. The van der Waals surface area contributed by atoms with Gasteiger partial charge >= 0.3 is 0 Å². The lowest BCUT2D eigenvalue weighted by Crippen LogP contribution is -2.08. The third kappa shape index (κ3) is 2.99. The van der Waals surface area contributed by atoms with E-state index in [9.17, 15) is 13.9 Å². The van der Waals surface area contributed by atoms with Gasteiger partial charge in [0.1, 0.15) is 11.6 Å². The summed E-state index contributed by atoms with van der Waals surface area (Å²) in [5, 5.41) is 9.70. The van der Waals surface area contributed by atoms with E-state index in [1.165, 1.54) is 6.07 Å². The quantitative estimate of drug-likeness (QED) is 0.814. The number of hydrogen-bond donors (Lipinski definition) is 1. The Balaban J connectivity index is 2.86. The van der Waals surface area contributed by atoms with Gasteiger partial charge in [-0.3, -0.25) is 0 Å². The predicted octanol–water partition coefficient (Wildman–Crippen LogP) is 3.43. The van der Waals surface area contributed by atoms with Crippen LogP contribution in [0.25, 0.3) is 0 Å². The van der Waals surface area contributed by atoms with Gasteiger partial charge < -0.3 is 5.11 Å². The van der Waals surface area contributed by atoms with Gasteiger partial charge in [-0.25, -0.2) is 8.78 Å². The van der Waals surface area contributed by atoms with Crippen LogP contribution in [0.15, 0.2) is 18.2 Å². The van der Waals surface area contributed by atoms with Crippen LogP contribution in [-0.4, -0.2) is 5.11 Å². The van der Waals surface area contributed by atoms with E-state index in [0.29, 0.717) is 6.42 Å². The fourth-order valence-corrected chi connectivity index (χ4v) is 1.49. The van der Waals surface area contributed by atoms with Gasteiger partial charge in [-0.2, -0.15) is 0 Å². The average molecular weight is 214 g/mol. The van der Waals surface area contributed by atoms with Crippen molar-refractivity contribution in [3.63, 3.8) is 0 Å². The second-order valence-corrected chi connectivity index (χ2v) is 3.90. The zero-order valence-corrected chi connectivity index (χ0v) is 9.00. The highest BCUT2D eigenvalue weighted by Crippen LogP contribution is 2.26. The van der Waals surface area contributed by atoms with Gasteiger partial charge in [0.2, 0.25) is 0 Å². The van der Waals surface area contributed by atoms with E-state index in [1.807, 2.05) is 13.8 Å². The number of aliphatic hydroxyl groups excluding tert-OH is 1. The standard InChI is InChI=1S/C12H16F2O/c1-3-8(2)7-11(15)12-9(13)5-4-6-10(12)14/h4-6,8,11,15H,3,7H2,1-2H3. The lowest BCUT2D eigenvalue weighted by Gasteiger charge is -2.16. The van der Waals surface area contributed by atoms with Crippen LogP contribution >= 0.6 is 0 Å². The summed E-state index contributed by atoms with van der Waals surface area (Å²) in [5.41, 5.74) is -0.210. The Bertz CT molecular complexity index is 305. The molecule has 2 atom stereocenters. The molecule has 3 heteroatoms. The van der Waals surface area contributed by atoms with Crippen LogP contribution in [0.5, 0.6) is 0 Å². The molecule has 1 aromatic rings. The molecule has 1 rings (SSSR count). The molecule has 0 spiro atoms. The maximum Gasteiger partial charge on any atom is 0.131 e. The molecule has 0 fully saturated rings. The maximum absolute atomic E-state index is 13.3. The molecule has 0 aliphatic rings. The Morgan fingerprint density at radius 1 is 1.27 bits per heavy atom. The number of aliphatic hydroxyl groups is 1. The highest BCUT2D eigenvalue weighted by Gasteiger charge is 2.19. The monoisotopic (exact) mass is 214 g/mol. The molecular weight excluding hydrogens is 198 g/mol. The zero-order valence-electron chi connectivity index (χ0n) is 9.00. The van der Waals surface area contributed by atoms with Crippen molar-refractivity contribution in [1.29, 1.82) is 0 Å². The summed E-state index contributed by atoms with van der Waals surface area (Å²) >= 11 is 0. The minimum absolute atomic E-state index is 0.210. The van der Waals surface area contributed by atoms with Crippen molar-refractivity contribution in [2.75, 3.05) is 0 Å². The fraction of sp³-hybridized carbons (Fsp3) is 0.500. The molecule has 0 aliphatic carbocycles. The van der Waals surface area contributed by atoms with Crippen molar-refractivity contribution in [2.24, 2.45) is 5.92 Å². The summed E-state index contributed by atoms with van der Waals surface area (Å²) < 4.78 is 26.5. The van der Waals surface area contributed by atoms with Crippen LogP contribution in [0, 0.1) is 17.6 Å². The van der Waals surface area contributed by atoms with Crippen LogP contribution in [0.4, 0.5) is 8.78 Å². The van der Waals surface area contributed by atoms with E-state index in [2.05, 4.69) is 0 Å². The molecule has 0 amide bonds. The molecule has 0 bridgehead atoms. The Kier molecular flexibility index (Phi) is 4.21. The van der Waals surface area contributed by atoms with Crippen LogP contribution < -0.4 is 0 Å². The van der Waals surface area contributed by atoms with Crippen LogP contribution in [-0.2, 0) is 0 Å². The van der Waals surface area contributed by atoms with E-state index < -0.39 is 17.7 Å². The predicted molar refractivity (Wildman–Crippen MR) is 55.4 cm³/mol. The summed E-state index contributed by atoms with van der Waals surface area (Å²) in [5.74, 6) is -1.10. The smallest absolute Gasteiger partial charge is 0.131 e. The molecule has 84 valence electrons. The summed E-state index contributed by atoms with van der Waals surface area (Å²) in [6.07, 6.45) is 0.211. The summed E-state index contributed by atoms with van der Waals surface area (Å²) in [7, 11) is 0. The first-order valence-electron chi connectivity index (χ1n) is 5.18. The number of hydrogen-bond acceptors (Lipinski definition) is 1. The fourth-order valence-electron chi connectivity index (χ4n) is 1.49. The number of halogens is 2. The van der Waals surface area contributed by atoms with E-state index >= 15 is 0 Å². The van der Waals surface area contributed by atoms with Crippen LogP contribution in [0.3, 0.4) is 0 Å². The van der Waals surface area contributed by atoms with Gasteiger partial charge in [-0.1, -0.05) is 26.3 Å². The Morgan fingerprint density at radius 2 is 1.80 bits per heavy atom. The van der Waals surface area contributed by atoms with E-state index in [4.69, 9.17) is 0 Å². The minimum atomic E-state index is -1.05. The largest absolute Gasteiger partial charge is 0.388 e. The topological polar surface area (TPSA) is 20.2 Å². The second kappa shape index (κ2) is 5.21. The van der Waals surface area contributed by atoms with Crippen molar-refractivity contribution in [2.45, 2.75) is 32.8 Å². The molecule has 1 nitrogen and oxygen atoms in total. The maximum atomic E-state index is 13.3. The van der Waals surface area contributed by atoms with Gasteiger partial charge in [0.25, 0.3) is 0 Å². The molecule has 1 N–H and O–H groups in total. The van der Waals surface area contributed by atoms with E-state index in [-0.39, 0.29) is 11.5 Å². The van der Waals surface area contributed by atoms with Gasteiger partial charge in [0.05, 0.1) is 11.7 Å². The third-order valence-electron chi connectivity index (χ3n) is 2.66. The second-order valence-electron chi connectivity index (χ2n) is 3.90. The lowest BCUT2D eigenvalue weighted by atomic mass is 9.96. The molecule has 0 saturated heterocycles. The molecule has 2 unspecified atom stereocenters. The van der Waals surface area contributed by atoms with Crippen LogP contribution in [0.1, 0.15) is 38.4 Å². The van der Waals surface area contributed by atoms with Gasteiger partial charge in [0.15, 0.2) is 0 Å². The summed E-state index contributed by atoms with van der Waals surface area (Å²) in [4.78, 5) is 0. The van der Waals surface area contributed by atoms with Gasteiger partial charge in [-0.05, 0) is 24.5 Å². The van der Waals surface area contributed by atoms with Gasteiger partial charge in [-0.15, -0.1) is 0 Å². The van der Waals surface area contributed by atoms with Gasteiger partial charge in [0, 0.05) is 0 Å². The summed E-state index contributed by atoms with van der Waals surface area (Å²) in [6, 6.07) is 3.63. The van der Waals surface area contributed by atoms with Crippen molar-refractivity contribution >= 4 is 0 Å². The SMILES string of the molecule is CCC(C)CC(O)c1c(F)cccc1F. The van der Waals surface area contributed by atoms with Crippen molar-refractivity contribution in [3.8, 4) is 0 Å². The average Bonchev–Trinajstić information content (AvgIpc) is 2.17. The van der Waals surface area contributed by atoms with E-state index in [0.717, 1.165) is 18.6 Å². The first-order chi connectivity index (χ1) is 7.06. The minimum Gasteiger partial charge on any atom is -0.388 e. The first-order valence-corrected chi connectivity index (χ1v) is 5.18. The summed E-state index contributed by atoms with van der Waals surface area (Å²) in [6.45, 7) is 3.93. The molecule has 1 aromatic carbocycles. The molecule has 0 aliphatic heterocycles. The molecule has 0 radical (unpaired) electrons. The molecule has 0 saturated carbocycles. The molecule has 15 heavy (non-hydrogen) atoms. The normalized spacial score (nSPS) is 15.0. The lowest BCUT2D eigenvalue weighted by molar-refractivity contribution is 0.138. The molecule has 0 heterocycles. The third-order valence-corrected chi connectivity index (χ3v) is 2.66. The van der Waals surface area contributed by atoms with Crippen molar-refractivity contribution in [3.05, 3.63) is 35.4 Å². The molecule has 0 aromatic heterocycles. The number of rotatable bonds is 4. The highest BCUT2D eigenvalue weighted by molar-refractivity contribution is 5.21. The first kappa shape index (κ1) is 12.1. The zero-order chi connectivity index (χ0) is 11.4. The van der Waals surface area contributed by atoms with E-state index in [1.54, 1.807) is 0 Å². The Morgan fingerprint density at radius 3 is 2.27 bits per heavy atom. The molecular formula is C12H16F2O.